The molecule has 2 aliphatic rings. The summed E-state index contributed by atoms with van der Waals surface area (Å²) in [5.41, 5.74) is -1.04. The van der Waals surface area contributed by atoms with Crippen LogP contribution in [-0.2, 0) is 9.53 Å². The Morgan fingerprint density at radius 3 is 2.43 bits per heavy atom. The van der Waals surface area contributed by atoms with Gasteiger partial charge in [-0.1, -0.05) is 25.9 Å². The third kappa shape index (κ3) is 8.78. The number of amides is 2. The molecule has 244 valence electrons. The molecule has 0 aliphatic carbocycles. The molecule has 0 bridgehead atoms. The minimum absolute atomic E-state index is 0.162. The van der Waals surface area contributed by atoms with Crippen LogP contribution in [0.15, 0.2) is 22.7 Å². The lowest BCUT2D eigenvalue weighted by Crippen LogP contribution is -2.44. The van der Waals surface area contributed by atoms with Crippen molar-refractivity contribution in [3.8, 4) is 5.75 Å². The monoisotopic (exact) mass is 623 g/mol. The highest BCUT2D eigenvalue weighted by atomic mass is 19.3. The molecule has 0 spiro atoms. The van der Waals surface area contributed by atoms with Gasteiger partial charge in [0.05, 0.1) is 13.2 Å². The number of likely N-dealkylation sites (tertiary alicyclic amines) is 1. The number of hydrogen-bond donors (Lipinski definition) is 1. The Bertz CT molecular complexity index is 1290. The smallest absolute Gasteiger partial charge is 0.408 e. The highest BCUT2D eigenvalue weighted by Crippen LogP contribution is 2.32. The fraction of sp³-hybridized carbons (Fsp3) is 0.677. The van der Waals surface area contributed by atoms with Crippen molar-refractivity contribution in [3.63, 3.8) is 0 Å². The van der Waals surface area contributed by atoms with E-state index in [0.717, 1.165) is 43.3 Å². The van der Waals surface area contributed by atoms with Crippen molar-refractivity contribution >= 4 is 18.0 Å². The average molecular weight is 624 g/mol. The topological polar surface area (TPSA) is 110 Å². The van der Waals surface area contributed by atoms with Gasteiger partial charge in [0.1, 0.15) is 23.2 Å². The first kappa shape index (κ1) is 33.4. The van der Waals surface area contributed by atoms with Crippen molar-refractivity contribution in [3.05, 3.63) is 35.4 Å². The number of alkyl halides is 2. The van der Waals surface area contributed by atoms with E-state index in [2.05, 4.69) is 27.3 Å². The largest absolute Gasteiger partial charge is 0.493 e. The number of carbonyl (C=O) groups excluding carboxylic acids is 2. The maximum Gasteiger partial charge on any atom is 0.408 e. The lowest BCUT2D eigenvalue weighted by molar-refractivity contribution is -0.134. The van der Waals surface area contributed by atoms with Crippen molar-refractivity contribution in [2.24, 2.45) is 11.8 Å². The molecular weight excluding hydrogens is 579 g/mol. The lowest BCUT2D eigenvalue weighted by Gasteiger charge is -2.33. The van der Waals surface area contributed by atoms with E-state index in [-0.39, 0.29) is 23.8 Å². The molecule has 0 saturated carbocycles. The molecule has 1 aromatic heterocycles. The number of alkyl carbamates (subject to hydrolysis) is 1. The van der Waals surface area contributed by atoms with Gasteiger partial charge < -0.3 is 29.1 Å². The van der Waals surface area contributed by atoms with E-state index >= 15 is 4.39 Å². The summed E-state index contributed by atoms with van der Waals surface area (Å²) in [6, 6.07) is 3.01. The molecule has 2 amide bonds. The number of nitrogens with zero attached hydrogens (tertiary/aromatic N) is 4. The van der Waals surface area contributed by atoms with Gasteiger partial charge in [-0.15, -0.1) is 0 Å². The fourth-order valence-corrected chi connectivity index (χ4v) is 5.48. The second-order valence-electron chi connectivity index (χ2n) is 13.2. The summed E-state index contributed by atoms with van der Waals surface area (Å²) >= 11 is 0. The molecular formula is C31H44F3N5O5. The molecule has 1 aromatic carbocycles. The predicted molar refractivity (Wildman–Crippen MR) is 157 cm³/mol. The van der Waals surface area contributed by atoms with E-state index in [0.29, 0.717) is 30.3 Å². The van der Waals surface area contributed by atoms with Gasteiger partial charge in [0, 0.05) is 43.6 Å². The average Bonchev–Trinajstić information content (AvgIpc) is 3.58. The van der Waals surface area contributed by atoms with Crippen LogP contribution in [-0.4, -0.2) is 71.4 Å². The Labute approximate surface area is 256 Å². The quantitative estimate of drug-likeness (QED) is 0.339. The Morgan fingerprint density at radius 2 is 1.86 bits per heavy atom. The molecule has 13 heteroatoms. The SMILES string of the molecule is CC(C)c1noc(N2CCC([C@H](C)CCOc3ccc([C@H](NC(=O)OC(C)(C)C)C(=O)N4CCC(F)(F)C4)c(F)c3)CC2)n1. The predicted octanol–water partition coefficient (Wildman–Crippen LogP) is 6.09. The van der Waals surface area contributed by atoms with E-state index in [1.807, 2.05) is 13.8 Å². The molecule has 4 rings (SSSR count). The maximum absolute atomic E-state index is 15.4. The van der Waals surface area contributed by atoms with Crippen molar-refractivity contribution in [2.75, 3.05) is 37.7 Å². The first-order valence-corrected chi connectivity index (χ1v) is 15.3. The Balaban J connectivity index is 1.33. The van der Waals surface area contributed by atoms with Crippen LogP contribution in [0, 0.1) is 17.7 Å². The Kier molecular flexibility index (Phi) is 10.3. The van der Waals surface area contributed by atoms with Crippen molar-refractivity contribution in [1.82, 2.24) is 20.4 Å². The summed E-state index contributed by atoms with van der Waals surface area (Å²) in [6.07, 6.45) is 1.26. The molecule has 2 atom stereocenters. The number of carbonyl (C=O) groups is 2. The molecule has 44 heavy (non-hydrogen) atoms. The van der Waals surface area contributed by atoms with E-state index in [1.54, 1.807) is 20.8 Å². The number of hydrogen-bond acceptors (Lipinski definition) is 8. The van der Waals surface area contributed by atoms with Crippen LogP contribution in [0.2, 0.25) is 0 Å². The molecule has 3 heterocycles. The van der Waals surface area contributed by atoms with Crippen molar-refractivity contribution in [2.45, 2.75) is 90.7 Å². The highest BCUT2D eigenvalue weighted by molar-refractivity contribution is 5.87. The Hall–Kier alpha value is -3.51. The number of piperidine rings is 1. The van der Waals surface area contributed by atoms with Gasteiger partial charge in [0.2, 0.25) is 5.91 Å². The van der Waals surface area contributed by atoms with Crippen LogP contribution < -0.4 is 15.0 Å². The van der Waals surface area contributed by atoms with Crippen LogP contribution in [0.5, 0.6) is 5.75 Å². The number of nitrogens with one attached hydrogen (secondary N) is 1. The summed E-state index contributed by atoms with van der Waals surface area (Å²) < 4.78 is 59.6. The third-order valence-corrected chi connectivity index (χ3v) is 8.08. The zero-order valence-corrected chi connectivity index (χ0v) is 26.4. The highest BCUT2D eigenvalue weighted by Gasteiger charge is 2.43. The standard InChI is InChI=1S/C31H44F3N5O5/c1-19(2)26-36-28(44-37-26)38-13-9-21(10-14-38)20(3)11-16-42-22-7-8-23(24(32)17-22)25(35-29(41)43-30(4,5)6)27(40)39-15-12-31(33,34)18-39/h7-8,17,19-21,25H,9-16,18H2,1-6H3,(H,35,41)/t20-,25+/m1/s1. The van der Waals surface area contributed by atoms with E-state index in [4.69, 9.17) is 14.0 Å². The van der Waals surface area contributed by atoms with Gasteiger partial charge >= 0.3 is 12.1 Å². The van der Waals surface area contributed by atoms with Gasteiger partial charge in [0.15, 0.2) is 5.82 Å². The van der Waals surface area contributed by atoms with Crippen molar-refractivity contribution in [1.29, 1.82) is 0 Å². The van der Waals surface area contributed by atoms with Crippen LogP contribution in [0.3, 0.4) is 0 Å². The van der Waals surface area contributed by atoms with E-state index < -0.39 is 48.3 Å². The number of benzene rings is 1. The maximum atomic E-state index is 15.4. The molecule has 2 aromatic rings. The van der Waals surface area contributed by atoms with Gasteiger partial charge in [-0.05, 0) is 64.0 Å². The Morgan fingerprint density at radius 1 is 1.16 bits per heavy atom. The first-order chi connectivity index (χ1) is 20.6. The molecule has 2 aliphatic heterocycles. The molecule has 2 saturated heterocycles. The zero-order chi connectivity index (χ0) is 32.2. The lowest BCUT2D eigenvalue weighted by atomic mass is 9.84. The second kappa shape index (κ2) is 13.6. The van der Waals surface area contributed by atoms with Crippen LogP contribution in [0.25, 0.3) is 0 Å². The fourth-order valence-electron chi connectivity index (χ4n) is 5.48. The number of aromatic nitrogens is 2. The van der Waals surface area contributed by atoms with Crippen LogP contribution in [0.4, 0.5) is 24.0 Å². The van der Waals surface area contributed by atoms with Gasteiger partial charge in [-0.25, -0.2) is 18.0 Å². The number of rotatable bonds is 10. The summed E-state index contributed by atoms with van der Waals surface area (Å²) in [7, 11) is 0. The number of halogens is 3. The van der Waals surface area contributed by atoms with Crippen LogP contribution in [0.1, 0.15) is 90.6 Å². The molecule has 2 fully saturated rings. The van der Waals surface area contributed by atoms with Gasteiger partial charge in [0.25, 0.3) is 5.92 Å². The van der Waals surface area contributed by atoms with Crippen molar-refractivity contribution < 1.29 is 36.8 Å². The number of anilines is 1. The molecule has 0 unspecified atom stereocenters. The first-order valence-electron chi connectivity index (χ1n) is 15.3. The third-order valence-electron chi connectivity index (χ3n) is 8.08. The van der Waals surface area contributed by atoms with Gasteiger partial charge in [-0.2, -0.15) is 4.98 Å². The van der Waals surface area contributed by atoms with E-state index in [9.17, 15) is 18.4 Å². The molecule has 0 radical (unpaired) electrons. The minimum Gasteiger partial charge on any atom is -0.493 e. The zero-order valence-electron chi connectivity index (χ0n) is 26.4. The summed E-state index contributed by atoms with van der Waals surface area (Å²) in [5, 5.41) is 6.42. The second-order valence-corrected chi connectivity index (χ2v) is 13.2. The number of ether oxygens (including phenoxy) is 2. The van der Waals surface area contributed by atoms with Crippen LogP contribution >= 0.6 is 0 Å². The molecule has 1 N–H and O–H groups in total. The summed E-state index contributed by atoms with van der Waals surface area (Å²) in [4.78, 5) is 33.3. The minimum atomic E-state index is -3.04. The molecule has 10 nitrogen and oxygen atoms in total. The normalized spacial score (nSPS) is 18.8. The van der Waals surface area contributed by atoms with E-state index in [1.165, 1.54) is 12.1 Å². The van der Waals surface area contributed by atoms with Gasteiger partial charge in [-0.3, -0.25) is 4.79 Å². The summed E-state index contributed by atoms with van der Waals surface area (Å²) in [5.74, 6) is -2.64. The summed E-state index contributed by atoms with van der Waals surface area (Å²) in [6.45, 7) is 12.2.